The summed E-state index contributed by atoms with van der Waals surface area (Å²) in [7, 11) is 1.70. The monoisotopic (exact) mass is 552 g/mol. The summed E-state index contributed by atoms with van der Waals surface area (Å²) in [6.07, 6.45) is 11.5. The van der Waals surface area contributed by atoms with Gasteiger partial charge in [0.05, 0.1) is 0 Å². The standard InChI is InChI=1S/C28H33BrNO2.Ni/c1-5-20-17-30(18-23-15-24(32-4)10-11-26(23)29)13-12-21(20)16-27(30)28(31)25(6-2)22-9-7-8-19(3)14-22;/h5-8,10-11,14-15,20-21,27-28,31H,1-2,12-13,16-18H2,3-4H3;/q+1;/b25-22-;/t20-,21?,27?,28+,30?;/m1./s1. The Morgan fingerprint density at radius 3 is 2.85 bits per heavy atom. The average molecular weight is 554 g/mol. The van der Waals surface area contributed by atoms with Crippen LogP contribution in [0.3, 0.4) is 0 Å². The first-order chi connectivity index (χ1) is 15.8. The molecule has 178 valence electrons. The number of methoxy groups -OCH3 is 1. The van der Waals surface area contributed by atoms with Gasteiger partial charge in [0.15, 0.2) is 0 Å². The Morgan fingerprint density at radius 2 is 2.15 bits per heavy atom. The maximum atomic E-state index is 11.9. The molecule has 5 rings (SSSR count). The van der Waals surface area contributed by atoms with Crippen LogP contribution in [0.25, 0.3) is 0 Å². The molecule has 1 N–H and O–H groups in total. The van der Waals surface area contributed by atoms with E-state index in [0.717, 1.165) is 68.4 Å². The molecule has 3 aliphatic heterocycles. The number of benzene rings is 1. The molecule has 0 radical (unpaired) electrons. The van der Waals surface area contributed by atoms with Gasteiger partial charge < -0.3 is 0 Å². The number of rotatable bonds is 7. The van der Waals surface area contributed by atoms with Gasteiger partial charge in [0, 0.05) is 0 Å². The Morgan fingerprint density at radius 1 is 1.36 bits per heavy atom. The second-order valence-electron chi connectivity index (χ2n) is 9.55. The van der Waals surface area contributed by atoms with E-state index in [4.69, 9.17) is 19.8 Å². The molecule has 3 heterocycles. The minimum absolute atomic E-state index is 0.0750. The van der Waals surface area contributed by atoms with Gasteiger partial charge >= 0.3 is 215 Å². The Labute approximate surface area is 213 Å². The molecule has 2 bridgehead atoms. The van der Waals surface area contributed by atoms with Crippen molar-refractivity contribution in [2.24, 2.45) is 11.8 Å². The molecule has 4 aliphatic rings. The predicted molar refractivity (Wildman–Crippen MR) is 136 cm³/mol. The number of fused-ring (bicyclic) bond motifs is 3. The Bertz CT molecular complexity index is 1070. The van der Waals surface area contributed by atoms with E-state index in [2.05, 4.69) is 60.3 Å². The van der Waals surface area contributed by atoms with Crippen molar-refractivity contribution in [2.75, 3.05) is 20.2 Å². The van der Waals surface area contributed by atoms with Crippen molar-refractivity contribution in [1.29, 1.82) is 0 Å². The molecule has 5 atom stereocenters. The van der Waals surface area contributed by atoms with Gasteiger partial charge in [0.2, 0.25) is 0 Å². The molecule has 3 unspecified atom stereocenters. The molecule has 33 heavy (non-hydrogen) atoms. The molecule has 1 aliphatic carbocycles. The van der Waals surface area contributed by atoms with Crippen LogP contribution in [0.4, 0.5) is 0 Å². The summed E-state index contributed by atoms with van der Waals surface area (Å²) < 4.78 is 8.22. The molecule has 0 saturated carbocycles. The van der Waals surface area contributed by atoms with E-state index in [1.807, 2.05) is 24.3 Å². The summed E-state index contributed by atoms with van der Waals surface area (Å²) in [5, 5.41) is 11.9. The molecular weight excluding hydrogens is 521 g/mol. The topological polar surface area (TPSA) is 29.5 Å². The van der Waals surface area contributed by atoms with Crippen molar-refractivity contribution in [2.45, 2.75) is 38.5 Å². The number of aliphatic hydroxyl groups is 1. The molecule has 3 fully saturated rings. The van der Waals surface area contributed by atoms with E-state index in [1.165, 1.54) is 5.56 Å². The van der Waals surface area contributed by atoms with Crippen molar-refractivity contribution < 1.29 is 29.4 Å². The Hall–Kier alpha value is -1.52. The molecular formula is C28H33BrNNiO2+. The second-order valence-corrected chi connectivity index (χ2v) is 10.9. The van der Waals surface area contributed by atoms with E-state index in [1.54, 1.807) is 7.11 Å². The zero-order valence-corrected chi connectivity index (χ0v) is 21.9. The number of hydrogen-bond acceptors (Lipinski definition) is 2. The Balaban J connectivity index is 1.76. The fourth-order valence-electron chi connectivity index (χ4n) is 5.96. The van der Waals surface area contributed by atoms with Crippen LogP contribution < -0.4 is 4.74 Å². The number of hydrogen-bond donors (Lipinski definition) is 1. The quantitative estimate of drug-likeness (QED) is 0.276. The number of halogens is 1. The summed E-state index contributed by atoms with van der Waals surface area (Å²) in [5.74, 6) is 1.88. The van der Waals surface area contributed by atoms with Crippen LogP contribution in [0.5, 0.6) is 5.75 Å². The van der Waals surface area contributed by atoms with E-state index in [0.29, 0.717) is 11.8 Å². The van der Waals surface area contributed by atoms with Gasteiger partial charge in [-0.2, -0.15) is 0 Å². The fourth-order valence-corrected chi connectivity index (χ4v) is 6.63. The third-order valence-corrected chi connectivity index (χ3v) is 8.93. The maximum absolute atomic E-state index is 11.9. The Kier molecular flexibility index (Phi) is 7.45. The first kappa shape index (κ1) is 24.6. The normalized spacial score (nSPS) is 31.2. The number of allylic oxidation sites excluding steroid dienone is 5. The zero-order valence-electron chi connectivity index (χ0n) is 19.4. The predicted octanol–water partition coefficient (Wildman–Crippen LogP) is 5.45. The number of quaternary nitrogens is 1. The second kappa shape index (κ2) is 10.00. The number of ether oxygens (including phenoxy) is 1. The number of aliphatic hydroxyl groups excluding tert-OH is 1. The molecule has 3 nitrogen and oxygen atoms in total. The van der Waals surface area contributed by atoms with Crippen molar-refractivity contribution in [3.8, 4) is 5.75 Å². The van der Waals surface area contributed by atoms with E-state index < -0.39 is 6.10 Å². The van der Waals surface area contributed by atoms with Crippen molar-refractivity contribution >= 4 is 20.4 Å². The molecule has 1 aromatic rings. The summed E-state index contributed by atoms with van der Waals surface area (Å²) >= 11 is 9.04. The van der Waals surface area contributed by atoms with Crippen LogP contribution >= 0.6 is 15.9 Å². The van der Waals surface area contributed by atoms with Gasteiger partial charge in [-0.05, 0) is 0 Å². The van der Waals surface area contributed by atoms with E-state index in [9.17, 15) is 5.11 Å². The van der Waals surface area contributed by atoms with Crippen molar-refractivity contribution in [3.05, 3.63) is 88.5 Å². The van der Waals surface area contributed by atoms with E-state index >= 15 is 0 Å². The number of nitrogens with zero attached hydrogens (tertiary/aromatic N) is 1. The average Bonchev–Trinajstić information content (AvgIpc) is 2.83. The summed E-state index contributed by atoms with van der Waals surface area (Å²) in [4.78, 5) is 0. The van der Waals surface area contributed by atoms with Gasteiger partial charge in [0.1, 0.15) is 0 Å². The van der Waals surface area contributed by atoms with Gasteiger partial charge in [-0.25, -0.2) is 0 Å². The SMILES string of the molecule is C=C/C(=C1/C=C(C)C=C[C]1=[Ni])[C@H](O)C1CC2CC[N+]1(Cc1cc(OC)ccc1Br)C[C@H]2C=C. The van der Waals surface area contributed by atoms with Crippen LogP contribution in [-0.4, -0.2) is 46.4 Å². The van der Waals surface area contributed by atoms with Crippen LogP contribution in [0.15, 0.2) is 82.9 Å². The van der Waals surface area contributed by atoms with Crippen LogP contribution in [-0.2, 0) is 21.6 Å². The molecule has 1 aromatic carbocycles. The molecule has 0 aromatic heterocycles. The number of piperidine rings is 3. The van der Waals surface area contributed by atoms with Gasteiger partial charge in [-0.1, -0.05) is 0 Å². The fraction of sp³-hybridized carbons (Fsp3) is 0.393. The van der Waals surface area contributed by atoms with Crippen LogP contribution in [0.2, 0.25) is 0 Å². The third kappa shape index (κ3) is 4.71. The summed E-state index contributed by atoms with van der Waals surface area (Å²) in [6, 6.07) is 6.22. The van der Waals surface area contributed by atoms with Crippen LogP contribution in [0.1, 0.15) is 25.3 Å². The summed E-state index contributed by atoms with van der Waals surface area (Å²) in [5.41, 5.74) is 4.14. The summed E-state index contributed by atoms with van der Waals surface area (Å²) in [6.45, 7) is 13.1. The molecule has 3 saturated heterocycles. The van der Waals surface area contributed by atoms with Crippen molar-refractivity contribution in [1.82, 2.24) is 0 Å². The zero-order chi connectivity index (χ0) is 23.8. The van der Waals surface area contributed by atoms with E-state index in [-0.39, 0.29) is 6.04 Å². The third-order valence-electron chi connectivity index (χ3n) is 7.72. The van der Waals surface area contributed by atoms with Gasteiger partial charge in [0.25, 0.3) is 0 Å². The molecule has 0 amide bonds. The molecule has 0 spiro atoms. The van der Waals surface area contributed by atoms with Gasteiger partial charge in [-0.15, -0.1) is 0 Å². The van der Waals surface area contributed by atoms with Crippen molar-refractivity contribution in [3.63, 3.8) is 0 Å². The minimum atomic E-state index is -0.629. The first-order valence-electron chi connectivity index (χ1n) is 11.5. The van der Waals surface area contributed by atoms with Crippen LogP contribution in [0, 0.1) is 11.8 Å². The van der Waals surface area contributed by atoms with Gasteiger partial charge in [-0.3, -0.25) is 0 Å². The first-order valence-corrected chi connectivity index (χ1v) is 12.8. The molecule has 5 heteroatoms.